The number of hydrogen-bond acceptors (Lipinski definition) is 9. The maximum Gasteiger partial charge on any atom is 0.410 e. The largest absolute Gasteiger partial charge is 0.472 e. The third kappa shape index (κ3) is 5.14. The topological polar surface area (TPSA) is 93.2 Å². The number of ether oxygens (including phenoxy) is 3. The lowest BCUT2D eigenvalue weighted by Crippen LogP contribution is -2.65. The molecule has 0 N–H and O–H groups in total. The summed E-state index contributed by atoms with van der Waals surface area (Å²) in [6, 6.07) is 10.5. The molecule has 9 rings (SSSR count). The number of nitrogens with zero attached hydrogens (tertiary/aromatic N) is 6. The minimum absolute atomic E-state index is 0.00508. The Morgan fingerprint density at radius 3 is 2.71 bits per heavy atom. The fourth-order valence-electron chi connectivity index (χ4n) is 9.57. The van der Waals surface area contributed by atoms with Gasteiger partial charge in [0.25, 0.3) is 0 Å². The van der Waals surface area contributed by atoms with Crippen molar-refractivity contribution in [2.45, 2.75) is 101 Å². The summed E-state index contributed by atoms with van der Waals surface area (Å²) in [7, 11) is 0. The van der Waals surface area contributed by atoms with Crippen molar-refractivity contribution in [3.63, 3.8) is 0 Å². The van der Waals surface area contributed by atoms with Crippen molar-refractivity contribution in [3.05, 3.63) is 47.8 Å². The van der Waals surface area contributed by atoms with E-state index in [1.807, 2.05) is 62.9 Å². The first kappa shape index (κ1) is 33.1. The maximum atomic E-state index is 17.3. The molecule has 10 nitrogen and oxygen atoms in total. The number of carbonyl (C=O) groups excluding carboxylic acids is 1. The first-order valence-corrected chi connectivity index (χ1v) is 18.3. The van der Waals surface area contributed by atoms with Crippen LogP contribution in [0.5, 0.6) is 11.9 Å². The molecule has 52 heavy (non-hydrogen) atoms. The Morgan fingerprint density at radius 1 is 1.12 bits per heavy atom. The molecule has 2 bridgehead atoms. The van der Waals surface area contributed by atoms with E-state index in [0.717, 1.165) is 37.6 Å². The molecule has 6 atom stereocenters. The van der Waals surface area contributed by atoms with Crippen molar-refractivity contribution < 1.29 is 27.8 Å². The lowest BCUT2D eigenvalue weighted by Gasteiger charge is -2.48. The number of alkyl halides is 1. The number of aromatic nitrogens is 3. The third-order valence-corrected chi connectivity index (χ3v) is 11.6. The molecule has 0 unspecified atom stereocenters. The molecule has 2 aromatic carbocycles. The average molecular weight is 709 g/mol. The zero-order valence-electron chi connectivity index (χ0n) is 29.9. The molecular formula is C40H42F2N6O4. The number of amides is 1. The standard InChI is InChI=1S/C40H42F2N6O4/c1-6-23-10-7-11-24-12-8-13-27(29(23)24)32-31(42)33-30-35(45-37(44-33)50-21-40-16-9-17-46(40)19-25(41)18-40)47-20-26-14-15-28(34(47)22(2)51-36(30)43-32)48(26)38(49)52-39(3,4)5/h1,7-8,10-13,22,25-26,28,34H,9,14-21H2,2-5H3/t22-,25+,26+,28-,34+,40-/m0/s1. The normalized spacial score (nSPS) is 28.0. The fraction of sp³-hybridized carbons (Fsp3) is 0.500. The van der Waals surface area contributed by atoms with Crippen molar-refractivity contribution in [2.24, 2.45) is 0 Å². The van der Waals surface area contributed by atoms with Gasteiger partial charge >= 0.3 is 12.1 Å². The summed E-state index contributed by atoms with van der Waals surface area (Å²) in [6.07, 6.45) is 7.83. The van der Waals surface area contributed by atoms with Gasteiger partial charge in [-0.1, -0.05) is 36.3 Å². The number of terminal acetylenes is 1. The number of fused-ring (bicyclic) bond motifs is 7. The predicted molar refractivity (Wildman–Crippen MR) is 193 cm³/mol. The minimum atomic E-state index is -0.926. The number of benzene rings is 2. The summed E-state index contributed by atoms with van der Waals surface area (Å²) in [5, 5.41) is 1.89. The van der Waals surface area contributed by atoms with Crippen LogP contribution < -0.4 is 14.4 Å². The van der Waals surface area contributed by atoms with Crippen LogP contribution in [0.25, 0.3) is 32.9 Å². The van der Waals surface area contributed by atoms with Crippen LogP contribution in [-0.2, 0) is 4.74 Å². The van der Waals surface area contributed by atoms with E-state index in [2.05, 4.69) is 15.7 Å². The van der Waals surface area contributed by atoms with Crippen molar-refractivity contribution in [2.75, 3.05) is 31.1 Å². The maximum absolute atomic E-state index is 17.3. The van der Waals surface area contributed by atoms with Crippen LogP contribution in [0.2, 0.25) is 0 Å². The van der Waals surface area contributed by atoms with Crippen molar-refractivity contribution >= 4 is 33.6 Å². The Kier molecular flexibility index (Phi) is 7.56. The van der Waals surface area contributed by atoms with Crippen LogP contribution in [0.4, 0.5) is 19.4 Å². The van der Waals surface area contributed by atoms with E-state index >= 15 is 4.39 Å². The van der Waals surface area contributed by atoms with Gasteiger partial charge in [-0.25, -0.2) is 18.6 Å². The summed E-state index contributed by atoms with van der Waals surface area (Å²) >= 11 is 0. The molecule has 2 aromatic heterocycles. The second-order valence-corrected chi connectivity index (χ2v) is 16.0. The minimum Gasteiger partial charge on any atom is -0.472 e. The Hall–Kier alpha value is -4.76. The third-order valence-electron chi connectivity index (χ3n) is 11.6. The molecule has 0 aliphatic carbocycles. The fourth-order valence-corrected chi connectivity index (χ4v) is 9.57. The Balaban J connectivity index is 1.21. The summed E-state index contributed by atoms with van der Waals surface area (Å²) < 4.78 is 51.0. The van der Waals surface area contributed by atoms with E-state index in [-0.39, 0.29) is 53.9 Å². The van der Waals surface area contributed by atoms with Gasteiger partial charge in [0.1, 0.15) is 46.9 Å². The van der Waals surface area contributed by atoms with E-state index in [4.69, 9.17) is 35.6 Å². The highest BCUT2D eigenvalue weighted by atomic mass is 19.1. The first-order chi connectivity index (χ1) is 24.9. The van der Waals surface area contributed by atoms with E-state index in [9.17, 15) is 9.18 Å². The SMILES string of the molecule is C#Cc1cccc2cccc(-c3nc4c5c(nc(OC[C@@]67CCCN6C[C@H](F)C7)nc5c3F)N3C[C@H]5CC[C@@H]([C@H]3[C@H](C)O4)N5C(=O)OC(C)(C)C)c12. The second kappa shape index (κ2) is 11.9. The van der Waals surface area contributed by atoms with E-state index < -0.39 is 29.2 Å². The second-order valence-electron chi connectivity index (χ2n) is 16.0. The number of pyridine rings is 1. The number of halogens is 2. The molecule has 4 aromatic rings. The van der Waals surface area contributed by atoms with Gasteiger partial charge in [-0.05, 0) is 71.4 Å². The van der Waals surface area contributed by atoms with Gasteiger partial charge in [0, 0.05) is 36.0 Å². The van der Waals surface area contributed by atoms with Crippen LogP contribution in [0.3, 0.4) is 0 Å². The highest BCUT2D eigenvalue weighted by molar-refractivity contribution is 6.03. The highest BCUT2D eigenvalue weighted by Crippen LogP contribution is 2.48. The monoisotopic (exact) mass is 708 g/mol. The molecule has 0 radical (unpaired) electrons. The quantitative estimate of drug-likeness (QED) is 0.216. The Morgan fingerprint density at radius 2 is 1.92 bits per heavy atom. The Bertz CT molecular complexity index is 2160. The zero-order chi connectivity index (χ0) is 36.1. The van der Waals surface area contributed by atoms with Crippen molar-refractivity contribution in [3.8, 4) is 35.5 Å². The highest BCUT2D eigenvalue weighted by Gasteiger charge is 2.54. The summed E-state index contributed by atoms with van der Waals surface area (Å²) in [6.45, 7) is 9.35. The Labute approximate surface area is 301 Å². The number of carbonyl (C=O) groups is 1. The van der Waals surface area contributed by atoms with Crippen LogP contribution in [0.1, 0.15) is 65.4 Å². The van der Waals surface area contributed by atoms with Gasteiger partial charge in [0.15, 0.2) is 5.82 Å². The molecule has 270 valence electrons. The van der Waals surface area contributed by atoms with Crippen molar-refractivity contribution in [1.29, 1.82) is 0 Å². The molecule has 12 heteroatoms. The molecule has 0 saturated carbocycles. The molecule has 1 amide bonds. The predicted octanol–water partition coefficient (Wildman–Crippen LogP) is 6.66. The zero-order valence-corrected chi connectivity index (χ0v) is 29.9. The molecule has 7 heterocycles. The van der Waals surface area contributed by atoms with Gasteiger partial charge < -0.3 is 19.1 Å². The number of anilines is 1. The van der Waals surface area contributed by atoms with Crippen LogP contribution >= 0.6 is 0 Å². The van der Waals surface area contributed by atoms with Gasteiger partial charge in [-0.2, -0.15) is 9.97 Å². The van der Waals surface area contributed by atoms with Crippen LogP contribution in [-0.4, -0.2) is 98.6 Å². The molecule has 4 saturated heterocycles. The number of piperazine rings is 1. The van der Waals surface area contributed by atoms with E-state index in [0.29, 0.717) is 47.2 Å². The van der Waals surface area contributed by atoms with Gasteiger partial charge in [-0.3, -0.25) is 9.80 Å². The molecule has 5 aliphatic rings. The summed E-state index contributed by atoms with van der Waals surface area (Å²) in [5.41, 5.74) is 0.0761. The van der Waals surface area contributed by atoms with Crippen LogP contribution in [0.15, 0.2) is 36.4 Å². The molecule has 0 spiro atoms. The van der Waals surface area contributed by atoms with Crippen molar-refractivity contribution in [1.82, 2.24) is 24.8 Å². The number of hydrogen-bond donors (Lipinski definition) is 0. The smallest absolute Gasteiger partial charge is 0.410 e. The average Bonchev–Trinajstić information content (AvgIpc) is 3.72. The first-order valence-electron chi connectivity index (χ1n) is 18.3. The van der Waals surface area contributed by atoms with E-state index in [1.165, 1.54) is 0 Å². The molecule has 4 fully saturated rings. The van der Waals surface area contributed by atoms with Gasteiger partial charge in [-0.15, -0.1) is 6.42 Å². The van der Waals surface area contributed by atoms with Crippen LogP contribution in [0, 0.1) is 18.2 Å². The lowest BCUT2D eigenvalue weighted by atomic mass is 9.95. The summed E-state index contributed by atoms with van der Waals surface area (Å²) in [4.78, 5) is 34.4. The number of rotatable bonds is 4. The van der Waals surface area contributed by atoms with E-state index in [1.54, 1.807) is 6.07 Å². The molecule has 5 aliphatic heterocycles. The van der Waals surface area contributed by atoms with Gasteiger partial charge in [0.05, 0.1) is 23.7 Å². The van der Waals surface area contributed by atoms with Gasteiger partial charge in [0.2, 0.25) is 5.88 Å². The lowest BCUT2D eigenvalue weighted by molar-refractivity contribution is 0.000937. The summed E-state index contributed by atoms with van der Waals surface area (Å²) in [5.74, 6) is 2.74. The molecular weight excluding hydrogens is 666 g/mol.